The van der Waals surface area contributed by atoms with Gasteiger partial charge in [-0.15, -0.1) is 11.8 Å². The zero-order valence-electron chi connectivity index (χ0n) is 14.4. The highest BCUT2D eigenvalue weighted by atomic mass is 35.5. The third-order valence-corrected chi connectivity index (χ3v) is 4.90. The van der Waals surface area contributed by atoms with Gasteiger partial charge < -0.3 is 10.6 Å². The highest BCUT2D eigenvalue weighted by Crippen LogP contribution is 2.21. The van der Waals surface area contributed by atoms with Crippen LogP contribution in [-0.4, -0.2) is 33.9 Å². The molecule has 8 heteroatoms. The first-order valence-corrected chi connectivity index (χ1v) is 9.18. The van der Waals surface area contributed by atoms with Crippen LogP contribution in [0.5, 0.6) is 0 Å². The van der Waals surface area contributed by atoms with Gasteiger partial charge in [-0.3, -0.25) is 14.3 Å². The Balaban J connectivity index is 1.70. The van der Waals surface area contributed by atoms with Gasteiger partial charge in [-0.1, -0.05) is 11.6 Å². The first-order valence-electron chi connectivity index (χ1n) is 7.82. The Morgan fingerprint density at radius 1 is 1.20 bits per heavy atom. The summed E-state index contributed by atoms with van der Waals surface area (Å²) in [6.07, 6.45) is 0.339. The Hall–Kier alpha value is -1.99. The lowest BCUT2D eigenvalue weighted by Crippen LogP contribution is -2.33. The minimum absolute atomic E-state index is 0.0573. The smallest absolute Gasteiger partial charge is 0.243 e. The Bertz CT molecular complexity index is 759. The minimum atomic E-state index is -0.266. The number of nitrogens with one attached hydrogen (secondary N) is 2. The van der Waals surface area contributed by atoms with Crippen molar-refractivity contribution in [3.05, 3.63) is 40.7 Å². The van der Waals surface area contributed by atoms with Gasteiger partial charge in [0.15, 0.2) is 0 Å². The van der Waals surface area contributed by atoms with Crippen molar-refractivity contribution in [2.45, 2.75) is 25.2 Å². The van der Waals surface area contributed by atoms with Gasteiger partial charge in [0.1, 0.15) is 0 Å². The van der Waals surface area contributed by atoms with Crippen LogP contribution in [0.15, 0.2) is 29.2 Å². The monoisotopic (exact) mass is 380 g/mol. The highest BCUT2D eigenvalue weighted by molar-refractivity contribution is 7.99. The number of hydrogen-bond donors (Lipinski definition) is 2. The van der Waals surface area contributed by atoms with E-state index < -0.39 is 0 Å². The summed E-state index contributed by atoms with van der Waals surface area (Å²) in [6.45, 7) is 3.65. The maximum absolute atomic E-state index is 12.0. The van der Waals surface area contributed by atoms with E-state index in [1.807, 2.05) is 45.2 Å². The predicted molar refractivity (Wildman–Crippen MR) is 101 cm³/mol. The van der Waals surface area contributed by atoms with Crippen LogP contribution < -0.4 is 10.6 Å². The molecule has 134 valence electrons. The summed E-state index contributed by atoms with van der Waals surface area (Å²) in [4.78, 5) is 24.9. The van der Waals surface area contributed by atoms with Crippen molar-refractivity contribution in [2.24, 2.45) is 7.05 Å². The summed E-state index contributed by atoms with van der Waals surface area (Å²) in [7, 11) is 1.82. The zero-order valence-corrected chi connectivity index (χ0v) is 16.0. The molecule has 6 nitrogen and oxygen atoms in total. The van der Waals surface area contributed by atoms with Crippen molar-refractivity contribution in [1.29, 1.82) is 0 Å². The maximum atomic E-state index is 12.0. The van der Waals surface area contributed by atoms with Crippen LogP contribution in [0.25, 0.3) is 0 Å². The van der Waals surface area contributed by atoms with E-state index in [0.717, 1.165) is 16.3 Å². The van der Waals surface area contributed by atoms with E-state index >= 15 is 0 Å². The Morgan fingerprint density at radius 2 is 1.88 bits per heavy atom. The second-order valence-corrected chi connectivity index (χ2v) is 7.15. The molecule has 2 amide bonds. The van der Waals surface area contributed by atoms with Gasteiger partial charge in [-0.25, -0.2) is 0 Å². The molecule has 0 spiro atoms. The highest BCUT2D eigenvalue weighted by Gasteiger charge is 2.13. The topological polar surface area (TPSA) is 76.0 Å². The average molecular weight is 381 g/mol. The Kier molecular flexibility index (Phi) is 6.90. The fourth-order valence-corrected chi connectivity index (χ4v) is 3.18. The van der Waals surface area contributed by atoms with E-state index in [1.165, 1.54) is 0 Å². The average Bonchev–Trinajstić information content (AvgIpc) is 2.81. The maximum Gasteiger partial charge on any atom is 0.243 e. The van der Waals surface area contributed by atoms with Crippen molar-refractivity contribution >= 4 is 40.9 Å². The van der Waals surface area contributed by atoms with Gasteiger partial charge >= 0.3 is 0 Å². The number of halogens is 1. The summed E-state index contributed by atoms with van der Waals surface area (Å²) in [5.41, 5.74) is 2.32. The summed E-state index contributed by atoms with van der Waals surface area (Å²) in [5.74, 6) is 0.213. The molecule has 0 atom stereocenters. The number of rotatable bonds is 7. The minimum Gasteiger partial charge on any atom is -0.347 e. The molecule has 0 aliphatic rings. The predicted octanol–water partition coefficient (Wildman–Crippen LogP) is 2.93. The third-order valence-electron chi connectivity index (χ3n) is 3.63. The number of hydrogen-bond acceptors (Lipinski definition) is 4. The van der Waals surface area contributed by atoms with Crippen molar-refractivity contribution in [3.63, 3.8) is 0 Å². The largest absolute Gasteiger partial charge is 0.347 e. The lowest BCUT2D eigenvalue weighted by molar-refractivity contribution is -0.123. The fourth-order valence-electron chi connectivity index (χ4n) is 2.20. The number of carbonyl (C=O) groups excluding carboxylic acids is 2. The van der Waals surface area contributed by atoms with Gasteiger partial charge in [0.05, 0.1) is 23.6 Å². The molecular weight excluding hydrogens is 360 g/mol. The molecule has 0 saturated heterocycles. The fraction of sp³-hybridized carbons (Fsp3) is 0.353. The number of aromatic nitrogens is 2. The van der Waals surface area contributed by atoms with E-state index in [4.69, 9.17) is 11.6 Å². The third kappa shape index (κ3) is 5.79. The molecule has 0 saturated carbocycles. The first-order chi connectivity index (χ1) is 11.9. The molecule has 1 aromatic heterocycles. The lowest BCUT2D eigenvalue weighted by Gasteiger charge is -2.07. The lowest BCUT2D eigenvalue weighted by atomic mass is 10.3. The second kappa shape index (κ2) is 8.92. The molecule has 25 heavy (non-hydrogen) atoms. The number of nitrogens with zero attached hydrogens (tertiary/aromatic N) is 2. The van der Waals surface area contributed by atoms with Gasteiger partial charge in [0, 0.05) is 29.1 Å². The number of amides is 2. The number of thioether (sulfide) groups is 1. The molecule has 0 bridgehead atoms. The molecule has 2 rings (SSSR count). The molecule has 2 aromatic rings. The molecule has 0 aliphatic heterocycles. The SMILES string of the molecule is Cc1nn(C)c(C)c1NC(=O)CNC(=O)CCSc1ccc(Cl)cc1. The van der Waals surface area contributed by atoms with E-state index in [2.05, 4.69) is 15.7 Å². The number of anilines is 1. The summed E-state index contributed by atoms with van der Waals surface area (Å²) in [6, 6.07) is 7.46. The zero-order chi connectivity index (χ0) is 18.4. The van der Waals surface area contributed by atoms with Crippen LogP contribution in [0.4, 0.5) is 5.69 Å². The van der Waals surface area contributed by atoms with Crippen LogP contribution >= 0.6 is 23.4 Å². The van der Waals surface area contributed by atoms with Gasteiger partial charge in [-0.2, -0.15) is 5.10 Å². The molecule has 1 heterocycles. The Morgan fingerprint density at radius 3 is 2.48 bits per heavy atom. The first kappa shape index (κ1) is 19.3. The summed E-state index contributed by atoms with van der Waals surface area (Å²) in [5, 5.41) is 10.3. The molecule has 0 unspecified atom stereocenters. The van der Waals surface area contributed by atoms with Crippen LogP contribution in [0.2, 0.25) is 5.02 Å². The van der Waals surface area contributed by atoms with Crippen LogP contribution in [0, 0.1) is 13.8 Å². The van der Waals surface area contributed by atoms with Crippen molar-refractivity contribution in [2.75, 3.05) is 17.6 Å². The molecular formula is C17H21ClN4O2S. The van der Waals surface area contributed by atoms with Gasteiger partial charge in [0.25, 0.3) is 0 Å². The van der Waals surface area contributed by atoms with Crippen LogP contribution in [0.3, 0.4) is 0 Å². The molecule has 0 aliphatic carbocycles. The van der Waals surface area contributed by atoms with Gasteiger partial charge in [0.2, 0.25) is 11.8 Å². The second-order valence-electron chi connectivity index (χ2n) is 5.55. The van der Waals surface area contributed by atoms with E-state index in [0.29, 0.717) is 22.9 Å². The summed E-state index contributed by atoms with van der Waals surface area (Å²) < 4.78 is 1.71. The number of aryl methyl sites for hydroxylation is 2. The Labute approximate surface area is 156 Å². The van der Waals surface area contributed by atoms with E-state index in [9.17, 15) is 9.59 Å². The summed E-state index contributed by atoms with van der Waals surface area (Å²) >= 11 is 7.40. The van der Waals surface area contributed by atoms with E-state index in [-0.39, 0.29) is 18.4 Å². The molecule has 2 N–H and O–H groups in total. The van der Waals surface area contributed by atoms with Crippen molar-refractivity contribution in [3.8, 4) is 0 Å². The molecule has 0 radical (unpaired) electrons. The number of benzene rings is 1. The molecule has 1 aromatic carbocycles. The van der Waals surface area contributed by atoms with Gasteiger partial charge in [-0.05, 0) is 38.1 Å². The normalized spacial score (nSPS) is 10.6. The quantitative estimate of drug-likeness (QED) is 0.724. The van der Waals surface area contributed by atoms with E-state index in [1.54, 1.807) is 16.4 Å². The number of carbonyl (C=O) groups is 2. The molecule has 0 fully saturated rings. The van der Waals surface area contributed by atoms with Crippen molar-refractivity contribution in [1.82, 2.24) is 15.1 Å². The standard InChI is InChI=1S/C17H21ClN4O2S/c1-11-17(12(2)22(3)21-11)20-16(24)10-19-15(23)8-9-25-14-6-4-13(18)5-7-14/h4-7H,8-10H2,1-3H3,(H,19,23)(H,20,24). The van der Waals surface area contributed by atoms with Crippen molar-refractivity contribution < 1.29 is 9.59 Å². The van der Waals surface area contributed by atoms with Crippen LogP contribution in [-0.2, 0) is 16.6 Å². The van der Waals surface area contributed by atoms with Crippen LogP contribution in [0.1, 0.15) is 17.8 Å².